The van der Waals surface area contributed by atoms with Gasteiger partial charge in [0, 0.05) is 36.8 Å². The fourth-order valence-corrected chi connectivity index (χ4v) is 3.63. The summed E-state index contributed by atoms with van der Waals surface area (Å²) in [6, 6.07) is 11.0. The lowest BCUT2D eigenvalue weighted by molar-refractivity contribution is 0.0710. The van der Waals surface area contributed by atoms with E-state index in [1.165, 1.54) is 0 Å². The number of aromatic nitrogens is 1. The number of rotatable bonds is 5. The number of aryl methyl sites for hydroxylation is 1. The Balaban J connectivity index is 1.72. The largest absolute Gasteiger partial charge is 0.497 e. The Bertz CT molecular complexity index is 858. The maximum Gasteiger partial charge on any atom is 0.253 e. The Kier molecular flexibility index (Phi) is 6.29. The molecule has 0 unspecified atom stereocenters. The Morgan fingerprint density at radius 1 is 1.21 bits per heavy atom. The molecule has 28 heavy (non-hydrogen) atoms. The van der Waals surface area contributed by atoms with Crippen molar-refractivity contribution in [3.63, 3.8) is 0 Å². The lowest BCUT2D eigenvalue weighted by Gasteiger charge is -2.32. The number of benzene rings is 1. The highest BCUT2D eigenvalue weighted by Crippen LogP contribution is 2.30. The van der Waals surface area contributed by atoms with Gasteiger partial charge in [0.15, 0.2) is 0 Å². The normalized spacial score (nSPS) is 14.6. The van der Waals surface area contributed by atoms with Crippen LogP contribution in [0.4, 0.5) is 0 Å². The molecule has 0 aliphatic carbocycles. The van der Waals surface area contributed by atoms with Gasteiger partial charge in [-0.2, -0.15) is 0 Å². The molecule has 2 heterocycles. The quantitative estimate of drug-likeness (QED) is 0.864. The highest BCUT2D eigenvalue weighted by Gasteiger charge is 2.28. The monoisotopic (exact) mass is 381 g/mol. The van der Waals surface area contributed by atoms with Crippen LogP contribution in [0.1, 0.15) is 57.8 Å². The van der Waals surface area contributed by atoms with Crippen molar-refractivity contribution in [2.24, 2.45) is 0 Å². The molecule has 6 nitrogen and oxygen atoms in total. The van der Waals surface area contributed by atoms with Crippen LogP contribution in [-0.2, 0) is 0 Å². The van der Waals surface area contributed by atoms with Gasteiger partial charge in [-0.25, -0.2) is 0 Å². The van der Waals surface area contributed by atoms with Crippen LogP contribution in [0.3, 0.4) is 0 Å². The molecular weight excluding hydrogens is 354 g/mol. The van der Waals surface area contributed by atoms with E-state index in [-0.39, 0.29) is 17.7 Å². The van der Waals surface area contributed by atoms with E-state index >= 15 is 0 Å². The summed E-state index contributed by atoms with van der Waals surface area (Å²) in [7, 11) is 1.59. The molecule has 1 N–H and O–H groups in total. The van der Waals surface area contributed by atoms with Crippen molar-refractivity contribution in [1.82, 2.24) is 15.2 Å². The second-order valence-corrected chi connectivity index (χ2v) is 7.04. The van der Waals surface area contributed by atoms with Crippen LogP contribution in [0.25, 0.3) is 0 Å². The van der Waals surface area contributed by atoms with Gasteiger partial charge in [0.05, 0.1) is 18.4 Å². The van der Waals surface area contributed by atoms with Crippen LogP contribution < -0.4 is 10.1 Å². The van der Waals surface area contributed by atoms with Gasteiger partial charge >= 0.3 is 0 Å². The van der Waals surface area contributed by atoms with E-state index in [0.717, 1.165) is 24.2 Å². The average molecular weight is 381 g/mol. The molecule has 0 radical (unpaired) electrons. The minimum atomic E-state index is -0.0834. The van der Waals surface area contributed by atoms with Crippen LogP contribution in [-0.4, -0.2) is 48.4 Å². The minimum Gasteiger partial charge on any atom is -0.497 e. The third-order valence-electron chi connectivity index (χ3n) is 5.13. The van der Waals surface area contributed by atoms with Crippen LogP contribution in [0.2, 0.25) is 0 Å². The van der Waals surface area contributed by atoms with Crippen molar-refractivity contribution < 1.29 is 14.3 Å². The third kappa shape index (κ3) is 4.32. The van der Waals surface area contributed by atoms with Gasteiger partial charge in [-0.05, 0) is 57.0 Å². The third-order valence-corrected chi connectivity index (χ3v) is 5.13. The first-order valence-corrected chi connectivity index (χ1v) is 9.72. The molecule has 148 valence electrons. The summed E-state index contributed by atoms with van der Waals surface area (Å²) in [6.45, 7) is 5.71. The molecular formula is C22H27N3O3. The first kappa shape index (κ1) is 19.9. The number of nitrogens with zero attached hydrogens (tertiary/aromatic N) is 2. The zero-order valence-electron chi connectivity index (χ0n) is 16.7. The molecule has 0 atom stereocenters. The number of methoxy groups -OCH3 is 1. The predicted octanol–water partition coefficient (Wildman–Crippen LogP) is 3.17. The number of ether oxygens (including phenoxy) is 1. The number of nitrogens with one attached hydrogen (secondary N) is 1. The summed E-state index contributed by atoms with van der Waals surface area (Å²) in [5, 5.41) is 2.86. The van der Waals surface area contributed by atoms with Crippen molar-refractivity contribution in [2.45, 2.75) is 32.6 Å². The number of carbonyl (C=O) groups excluding carboxylic acids is 2. The molecule has 1 aromatic carbocycles. The standard InChI is InChI=1S/C22H27N3O3/c1-4-23-21(26)19-9-8-15(2)24-20(19)16-10-12-25(13-11-16)22(27)17-6-5-7-18(14-17)28-3/h5-9,14,16H,4,10-13H2,1-3H3,(H,23,26). The molecule has 3 rings (SSSR count). The highest BCUT2D eigenvalue weighted by molar-refractivity contribution is 5.96. The molecule has 2 amide bonds. The Morgan fingerprint density at radius 3 is 2.64 bits per heavy atom. The highest BCUT2D eigenvalue weighted by atomic mass is 16.5. The molecule has 6 heteroatoms. The zero-order valence-corrected chi connectivity index (χ0v) is 16.7. The first-order chi connectivity index (χ1) is 13.5. The number of amides is 2. The number of piperidine rings is 1. The second-order valence-electron chi connectivity index (χ2n) is 7.04. The molecule has 0 bridgehead atoms. The number of pyridine rings is 1. The summed E-state index contributed by atoms with van der Waals surface area (Å²) in [5.41, 5.74) is 3.02. The van der Waals surface area contributed by atoms with E-state index in [1.807, 2.05) is 49.1 Å². The topological polar surface area (TPSA) is 71.5 Å². The summed E-state index contributed by atoms with van der Waals surface area (Å²) in [6.07, 6.45) is 1.58. The van der Waals surface area contributed by atoms with Gasteiger partial charge in [-0.3, -0.25) is 14.6 Å². The van der Waals surface area contributed by atoms with Crippen molar-refractivity contribution in [3.8, 4) is 5.75 Å². The lowest BCUT2D eigenvalue weighted by Crippen LogP contribution is -2.38. The predicted molar refractivity (Wildman–Crippen MR) is 108 cm³/mol. The van der Waals surface area contributed by atoms with E-state index < -0.39 is 0 Å². The van der Waals surface area contributed by atoms with Gasteiger partial charge in [0.25, 0.3) is 11.8 Å². The van der Waals surface area contributed by atoms with Gasteiger partial charge in [0.2, 0.25) is 0 Å². The zero-order chi connectivity index (χ0) is 20.1. The van der Waals surface area contributed by atoms with Gasteiger partial charge in [-0.15, -0.1) is 0 Å². The molecule has 2 aromatic rings. The second kappa shape index (κ2) is 8.87. The van der Waals surface area contributed by atoms with Crippen LogP contribution >= 0.6 is 0 Å². The molecule has 1 saturated heterocycles. The maximum atomic E-state index is 12.8. The minimum absolute atomic E-state index is 0.0125. The molecule has 1 aliphatic heterocycles. The van der Waals surface area contributed by atoms with E-state index in [9.17, 15) is 9.59 Å². The maximum absolute atomic E-state index is 12.8. The molecule has 0 spiro atoms. The van der Waals surface area contributed by atoms with E-state index in [1.54, 1.807) is 13.2 Å². The summed E-state index contributed by atoms with van der Waals surface area (Å²) < 4.78 is 5.22. The molecule has 0 saturated carbocycles. The molecule has 1 aromatic heterocycles. The van der Waals surface area contributed by atoms with Crippen molar-refractivity contribution in [2.75, 3.05) is 26.7 Å². The van der Waals surface area contributed by atoms with Gasteiger partial charge < -0.3 is 15.0 Å². The van der Waals surface area contributed by atoms with Crippen LogP contribution in [0.15, 0.2) is 36.4 Å². The van der Waals surface area contributed by atoms with E-state index in [4.69, 9.17) is 4.74 Å². The van der Waals surface area contributed by atoms with E-state index in [2.05, 4.69) is 10.3 Å². The van der Waals surface area contributed by atoms with Gasteiger partial charge in [0.1, 0.15) is 5.75 Å². The fraction of sp³-hybridized carbons (Fsp3) is 0.409. The summed E-state index contributed by atoms with van der Waals surface area (Å²) in [5.74, 6) is 0.779. The Morgan fingerprint density at radius 2 is 1.96 bits per heavy atom. The first-order valence-electron chi connectivity index (χ1n) is 9.72. The van der Waals surface area contributed by atoms with Crippen molar-refractivity contribution >= 4 is 11.8 Å². The molecule has 1 fully saturated rings. The van der Waals surface area contributed by atoms with Crippen LogP contribution in [0.5, 0.6) is 5.75 Å². The number of carbonyl (C=O) groups is 2. The Hall–Kier alpha value is -2.89. The molecule has 1 aliphatic rings. The number of hydrogen-bond acceptors (Lipinski definition) is 4. The van der Waals surface area contributed by atoms with E-state index in [0.29, 0.717) is 36.5 Å². The lowest BCUT2D eigenvalue weighted by atomic mass is 9.89. The van der Waals surface area contributed by atoms with Crippen molar-refractivity contribution in [1.29, 1.82) is 0 Å². The fourth-order valence-electron chi connectivity index (χ4n) is 3.63. The SMILES string of the molecule is CCNC(=O)c1ccc(C)nc1C1CCN(C(=O)c2cccc(OC)c2)CC1. The number of hydrogen-bond donors (Lipinski definition) is 1. The van der Waals surface area contributed by atoms with Crippen molar-refractivity contribution in [3.05, 3.63) is 58.9 Å². The number of likely N-dealkylation sites (tertiary alicyclic amines) is 1. The van der Waals surface area contributed by atoms with Crippen LogP contribution in [0, 0.1) is 6.92 Å². The Labute approximate surface area is 165 Å². The average Bonchev–Trinajstić information content (AvgIpc) is 2.73. The summed E-state index contributed by atoms with van der Waals surface area (Å²) in [4.78, 5) is 31.8. The van der Waals surface area contributed by atoms with Gasteiger partial charge in [-0.1, -0.05) is 6.07 Å². The summed E-state index contributed by atoms with van der Waals surface area (Å²) >= 11 is 0. The smallest absolute Gasteiger partial charge is 0.253 e.